The predicted molar refractivity (Wildman–Crippen MR) is 89.0 cm³/mol. The first-order valence-corrected chi connectivity index (χ1v) is 6.97. The molecule has 0 heterocycles. The Balaban J connectivity index is 2.29. The summed E-state index contributed by atoms with van der Waals surface area (Å²) in [5.74, 6) is -0.225. The Kier molecular flexibility index (Phi) is 4.49. The van der Waals surface area contributed by atoms with Crippen LogP contribution in [0, 0.1) is 11.3 Å². The Labute approximate surface area is 127 Å². The molecule has 0 spiro atoms. The van der Waals surface area contributed by atoms with Crippen LogP contribution in [-0.2, 0) is 0 Å². The highest BCUT2D eigenvalue weighted by atomic mass is 15.1. The van der Waals surface area contributed by atoms with Gasteiger partial charge in [0.25, 0.3) is 0 Å². The lowest BCUT2D eigenvalue weighted by Crippen LogP contribution is -2.09. The van der Waals surface area contributed by atoms with Crippen LogP contribution >= 0.6 is 0 Å². The predicted octanol–water partition coefficient (Wildman–Crippen LogP) is 3.47. The average molecular weight is 279 g/mol. The first kappa shape index (κ1) is 14.9. The monoisotopic (exact) mass is 279 g/mol. The van der Waals surface area contributed by atoms with Gasteiger partial charge in [-0.05, 0) is 35.4 Å². The van der Waals surface area contributed by atoms with Crippen LogP contribution in [0.15, 0.2) is 48.5 Å². The number of nitrogens with zero attached hydrogens (tertiary/aromatic N) is 3. The van der Waals surface area contributed by atoms with Gasteiger partial charge in [0.15, 0.2) is 0 Å². The normalized spacial score (nSPS) is 10.3. The molecule has 0 amide bonds. The van der Waals surface area contributed by atoms with Crippen molar-refractivity contribution in [2.24, 2.45) is 0 Å². The van der Waals surface area contributed by atoms with E-state index in [1.54, 1.807) is 0 Å². The van der Waals surface area contributed by atoms with Crippen LogP contribution in [-0.4, -0.2) is 28.2 Å². The third-order valence-electron chi connectivity index (χ3n) is 3.61. The molecule has 0 saturated heterocycles. The molecular weight excluding hydrogens is 258 g/mol. The maximum Gasteiger partial charge on any atom is 0.0962 e. The van der Waals surface area contributed by atoms with Gasteiger partial charge < -0.3 is 9.80 Å². The molecule has 0 aliphatic rings. The minimum absolute atomic E-state index is 0.225. The Hall–Kier alpha value is -2.47. The van der Waals surface area contributed by atoms with Gasteiger partial charge in [0.2, 0.25) is 0 Å². The fraction of sp³-hybridized carbons (Fsp3) is 0.278. The molecule has 0 fully saturated rings. The lowest BCUT2D eigenvalue weighted by molar-refractivity contribution is 1.03. The van der Waals surface area contributed by atoms with Crippen LogP contribution in [0.3, 0.4) is 0 Å². The number of anilines is 2. The molecule has 0 aliphatic heterocycles. The summed E-state index contributed by atoms with van der Waals surface area (Å²) in [6.07, 6.45) is 0. The van der Waals surface area contributed by atoms with Crippen molar-refractivity contribution < 1.29 is 0 Å². The SMILES string of the molecule is CN(C)c1ccc(C(C#N)c2ccc(N(C)C)cc2)cc1. The summed E-state index contributed by atoms with van der Waals surface area (Å²) >= 11 is 0. The average Bonchev–Trinajstić information content (AvgIpc) is 2.49. The van der Waals surface area contributed by atoms with E-state index in [-0.39, 0.29) is 5.92 Å². The van der Waals surface area contributed by atoms with Crippen molar-refractivity contribution in [3.8, 4) is 6.07 Å². The van der Waals surface area contributed by atoms with Crippen molar-refractivity contribution in [1.82, 2.24) is 0 Å². The quantitative estimate of drug-likeness (QED) is 0.858. The topological polar surface area (TPSA) is 30.3 Å². The van der Waals surface area contributed by atoms with E-state index in [2.05, 4.69) is 15.9 Å². The fourth-order valence-electron chi connectivity index (χ4n) is 2.27. The molecule has 0 atom stereocenters. The minimum atomic E-state index is -0.225. The molecule has 2 aromatic carbocycles. The van der Waals surface area contributed by atoms with E-state index in [4.69, 9.17) is 0 Å². The lowest BCUT2D eigenvalue weighted by atomic mass is 9.92. The van der Waals surface area contributed by atoms with Crippen molar-refractivity contribution in [3.05, 3.63) is 59.7 Å². The van der Waals surface area contributed by atoms with Crippen molar-refractivity contribution in [2.75, 3.05) is 38.0 Å². The molecule has 3 heteroatoms. The zero-order valence-electron chi connectivity index (χ0n) is 13.0. The van der Waals surface area contributed by atoms with E-state index in [0.717, 1.165) is 22.5 Å². The highest BCUT2D eigenvalue weighted by Crippen LogP contribution is 2.27. The molecule has 21 heavy (non-hydrogen) atoms. The van der Waals surface area contributed by atoms with Crippen molar-refractivity contribution in [3.63, 3.8) is 0 Å². The van der Waals surface area contributed by atoms with E-state index < -0.39 is 0 Å². The summed E-state index contributed by atoms with van der Waals surface area (Å²) in [5, 5.41) is 9.52. The van der Waals surface area contributed by atoms with Gasteiger partial charge in [0.1, 0.15) is 0 Å². The molecule has 2 rings (SSSR count). The van der Waals surface area contributed by atoms with E-state index in [0.29, 0.717) is 0 Å². The number of nitriles is 1. The number of rotatable bonds is 4. The second-order valence-electron chi connectivity index (χ2n) is 5.53. The van der Waals surface area contributed by atoms with Crippen molar-refractivity contribution in [2.45, 2.75) is 5.92 Å². The maximum absolute atomic E-state index is 9.52. The van der Waals surface area contributed by atoms with E-state index in [1.165, 1.54) is 0 Å². The number of hydrogen-bond acceptors (Lipinski definition) is 3. The van der Waals surface area contributed by atoms with E-state index in [9.17, 15) is 5.26 Å². The molecule has 0 bridgehead atoms. The van der Waals surface area contributed by atoms with Crippen molar-refractivity contribution in [1.29, 1.82) is 5.26 Å². The smallest absolute Gasteiger partial charge is 0.0962 e. The summed E-state index contributed by atoms with van der Waals surface area (Å²) in [7, 11) is 8.04. The molecule has 0 aliphatic carbocycles. The first-order chi connectivity index (χ1) is 10.0. The molecule has 0 unspecified atom stereocenters. The summed E-state index contributed by atoms with van der Waals surface area (Å²) in [6, 6.07) is 18.7. The van der Waals surface area contributed by atoms with Crippen LogP contribution in [0.2, 0.25) is 0 Å². The van der Waals surface area contributed by atoms with E-state index in [1.807, 2.05) is 76.7 Å². The summed E-state index contributed by atoms with van der Waals surface area (Å²) in [6.45, 7) is 0. The Morgan fingerprint density at radius 3 is 1.29 bits per heavy atom. The highest BCUT2D eigenvalue weighted by molar-refractivity contribution is 5.51. The summed E-state index contributed by atoms with van der Waals surface area (Å²) < 4.78 is 0. The largest absolute Gasteiger partial charge is 0.378 e. The van der Waals surface area contributed by atoms with Crippen LogP contribution in [0.4, 0.5) is 11.4 Å². The molecule has 3 nitrogen and oxygen atoms in total. The van der Waals surface area contributed by atoms with Gasteiger partial charge in [-0.3, -0.25) is 0 Å². The third kappa shape index (κ3) is 3.35. The third-order valence-corrected chi connectivity index (χ3v) is 3.61. The standard InChI is InChI=1S/C18H21N3/c1-20(2)16-9-5-14(6-10-16)18(13-19)15-7-11-17(12-8-15)21(3)4/h5-12,18H,1-4H3. The zero-order chi connectivity index (χ0) is 15.4. The van der Waals surface area contributed by atoms with Gasteiger partial charge in [-0.1, -0.05) is 24.3 Å². The second kappa shape index (κ2) is 6.32. The summed E-state index contributed by atoms with van der Waals surface area (Å²) in [5.41, 5.74) is 4.33. The molecule has 0 N–H and O–H groups in total. The zero-order valence-corrected chi connectivity index (χ0v) is 13.0. The van der Waals surface area contributed by atoms with Crippen LogP contribution in [0.1, 0.15) is 17.0 Å². The van der Waals surface area contributed by atoms with Gasteiger partial charge in [-0.25, -0.2) is 0 Å². The Bertz CT molecular complexity index is 568. The minimum Gasteiger partial charge on any atom is -0.378 e. The Morgan fingerprint density at radius 2 is 1.05 bits per heavy atom. The van der Waals surface area contributed by atoms with Gasteiger partial charge in [-0.2, -0.15) is 5.26 Å². The van der Waals surface area contributed by atoms with Crippen LogP contribution in [0.25, 0.3) is 0 Å². The van der Waals surface area contributed by atoms with Gasteiger partial charge >= 0.3 is 0 Å². The molecule has 2 aromatic rings. The van der Waals surface area contributed by atoms with Gasteiger partial charge in [-0.15, -0.1) is 0 Å². The summed E-state index contributed by atoms with van der Waals surface area (Å²) in [4.78, 5) is 4.11. The highest BCUT2D eigenvalue weighted by Gasteiger charge is 2.13. The fourth-order valence-corrected chi connectivity index (χ4v) is 2.27. The molecule has 0 aromatic heterocycles. The number of benzene rings is 2. The molecular formula is C18H21N3. The molecule has 108 valence electrons. The maximum atomic E-state index is 9.52. The Morgan fingerprint density at radius 1 is 0.714 bits per heavy atom. The molecule has 0 radical (unpaired) electrons. The van der Waals surface area contributed by atoms with Crippen molar-refractivity contribution >= 4 is 11.4 Å². The lowest BCUT2D eigenvalue weighted by Gasteiger charge is -2.16. The second-order valence-corrected chi connectivity index (χ2v) is 5.53. The van der Waals surface area contributed by atoms with Gasteiger partial charge in [0.05, 0.1) is 12.0 Å². The first-order valence-electron chi connectivity index (χ1n) is 6.97. The van der Waals surface area contributed by atoms with Crippen LogP contribution < -0.4 is 9.80 Å². The molecule has 0 saturated carbocycles. The van der Waals surface area contributed by atoms with Crippen LogP contribution in [0.5, 0.6) is 0 Å². The van der Waals surface area contributed by atoms with E-state index >= 15 is 0 Å². The number of hydrogen-bond donors (Lipinski definition) is 0. The van der Waals surface area contributed by atoms with Gasteiger partial charge in [0, 0.05) is 39.6 Å².